The molecule has 1 nitrogen and oxygen atoms in total. The number of benzene rings is 1. The quantitative estimate of drug-likeness (QED) is 0.674. The molecule has 1 aromatic carbocycles. The van der Waals surface area contributed by atoms with Crippen LogP contribution in [0, 0.1) is 0 Å². The van der Waals surface area contributed by atoms with Crippen LogP contribution in [-0.2, 0) is 0 Å². The highest BCUT2D eigenvalue weighted by Crippen LogP contribution is 2.28. The highest BCUT2D eigenvalue weighted by molar-refractivity contribution is 5.36. The van der Waals surface area contributed by atoms with Gasteiger partial charge >= 0.3 is 0 Å². The summed E-state index contributed by atoms with van der Waals surface area (Å²) < 4.78 is 6.20. The van der Waals surface area contributed by atoms with Gasteiger partial charge in [-0.25, -0.2) is 0 Å². The molecule has 0 aromatic heterocycles. The molecule has 0 fully saturated rings. The fraction of sp³-hybridized carbons (Fsp3) is 0.529. The molecule has 1 aromatic rings. The number of para-hydroxylation sites is 1. The molecule has 2 rings (SSSR count). The van der Waals surface area contributed by atoms with Crippen LogP contribution in [0.15, 0.2) is 36.4 Å². The molecule has 0 N–H and O–H groups in total. The molecule has 0 saturated heterocycles. The van der Waals surface area contributed by atoms with Crippen molar-refractivity contribution in [1.29, 1.82) is 0 Å². The first-order valence-electron chi connectivity index (χ1n) is 7.19. The van der Waals surface area contributed by atoms with Gasteiger partial charge in [0.2, 0.25) is 0 Å². The van der Waals surface area contributed by atoms with E-state index in [9.17, 15) is 0 Å². The molecule has 1 unspecified atom stereocenters. The van der Waals surface area contributed by atoms with Crippen molar-refractivity contribution < 1.29 is 4.74 Å². The Morgan fingerprint density at radius 3 is 2.78 bits per heavy atom. The van der Waals surface area contributed by atoms with Crippen LogP contribution in [0.5, 0.6) is 5.75 Å². The third-order valence-corrected chi connectivity index (χ3v) is 3.53. The average molecular weight is 244 g/mol. The lowest BCUT2D eigenvalue weighted by Gasteiger charge is -2.20. The van der Waals surface area contributed by atoms with E-state index in [0.717, 1.165) is 12.2 Å². The van der Waals surface area contributed by atoms with Gasteiger partial charge in [-0.05, 0) is 49.3 Å². The Hall–Kier alpha value is -1.24. The third kappa shape index (κ3) is 3.63. The lowest BCUT2D eigenvalue weighted by molar-refractivity contribution is 0.228. The summed E-state index contributed by atoms with van der Waals surface area (Å²) in [5.41, 5.74) is 1.31. The average Bonchev–Trinajstić information content (AvgIpc) is 2.33. The molecule has 0 saturated carbocycles. The van der Waals surface area contributed by atoms with Crippen LogP contribution in [-0.4, -0.2) is 6.10 Å². The Bertz CT molecular complexity index is 392. The maximum atomic E-state index is 6.20. The summed E-state index contributed by atoms with van der Waals surface area (Å²) in [6.45, 7) is 4.44. The lowest BCUT2D eigenvalue weighted by Crippen LogP contribution is -2.15. The van der Waals surface area contributed by atoms with Crippen molar-refractivity contribution in [2.75, 3.05) is 0 Å². The Kier molecular flexibility index (Phi) is 4.86. The second-order valence-corrected chi connectivity index (χ2v) is 5.41. The van der Waals surface area contributed by atoms with Gasteiger partial charge in [-0.2, -0.15) is 0 Å². The molecule has 0 spiro atoms. The van der Waals surface area contributed by atoms with Crippen LogP contribution in [0.1, 0.15) is 57.4 Å². The predicted octanol–water partition coefficient (Wildman–Crippen LogP) is 5.08. The van der Waals surface area contributed by atoms with E-state index in [1.807, 2.05) is 0 Å². The Morgan fingerprint density at radius 1 is 1.11 bits per heavy atom. The first-order chi connectivity index (χ1) is 8.77. The highest BCUT2D eigenvalue weighted by Gasteiger charge is 2.12. The standard InChI is InChI=1S/C17H24O/c1-14(2)16-12-8-9-13-17(16)18-15-10-6-4-3-5-7-11-15/h6,8-10,12-15H,3-5,7,11H2,1-2H3/b10-6+. The van der Waals surface area contributed by atoms with Crippen molar-refractivity contribution in [3.05, 3.63) is 42.0 Å². The van der Waals surface area contributed by atoms with Crippen molar-refractivity contribution in [1.82, 2.24) is 0 Å². The molecule has 0 radical (unpaired) electrons. The van der Waals surface area contributed by atoms with Crippen molar-refractivity contribution in [3.63, 3.8) is 0 Å². The van der Waals surface area contributed by atoms with Crippen molar-refractivity contribution in [2.24, 2.45) is 0 Å². The fourth-order valence-electron chi connectivity index (χ4n) is 2.45. The number of rotatable bonds is 3. The van der Waals surface area contributed by atoms with E-state index in [4.69, 9.17) is 4.74 Å². The van der Waals surface area contributed by atoms with E-state index >= 15 is 0 Å². The molecular weight excluding hydrogens is 220 g/mol. The predicted molar refractivity (Wildman–Crippen MR) is 77.2 cm³/mol. The third-order valence-electron chi connectivity index (χ3n) is 3.53. The summed E-state index contributed by atoms with van der Waals surface area (Å²) in [6, 6.07) is 8.43. The zero-order valence-electron chi connectivity index (χ0n) is 11.6. The van der Waals surface area contributed by atoms with E-state index in [2.05, 4.69) is 50.3 Å². The number of allylic oxidation sites excluding steroid dienone is 1. The summed E-state index contributed by atoms with van der Waals surface area (Å²) >= 11 is 0. The molecule has 1 aliphatic rings. The smallest absolute Gasteiger partial charge is 0.123 e. The second-order valence-electron chi connectivity index (χ2n) is 5.41. The SMILES string of the molecule is CC(C)c1ccccc1OC1/C=C/CCCCC1. The maximum Gasteiger partial charge on any atom is 0.123 e. The molecular formula is C17H24O. The monoisotopic (exact) mass is 244 g/mol. The summed E-state index contributed by atoms with van der Waals surface area (Å²) in [7, 11) is 0. The molecule has 0 heterocycles. The highest BCUT2D eigenvalue weighted by atomic mass is 16.5. The van der Waals surface area contributed by atoms with Crippen LogP contribution >= 0.6 is 0 Å². The van der Waals surface area contributed by atoms with Gasteiger partial charge in [0.15, 0.2) is 0 Å². The van der Waals surface area contributed by atoms with Gasteiger partial charge in [-0.15, -0.1) is 0 Å². The Balaban J connectivity index is 2.09. The van der Waals surface area contributed by atoms with Gasteiger partial charge in [0.25, 0.3) is 0 Å². The molecule has 0 aliphatic heterocycles. The molecule has 0 amide bonds. The minimum atomic E-state index is 0.255. The summed E-state index contributed by atoms with van der Waals surface area (Å²) in [6.07, 6.45) is 11.1. The topological polar surface area (TPSA) is 9.23 Å². The van der Waals surface area contributed by atoms with E-state index in [-0.39, 0.29) is 6.10 Å². The van der Waals surface area contributed by atoms with Gasteiger partial charge < -0.3 is 4.74 Å². The van der Waals surface area contributed by atoms with Crippen LogP contribution in [0.2, 0.25) is 0 Å². The van der Waals surface area contributed by atoms with Crippen LogP contribution < -0.4 is 4.74 Å². The van der Waals surface area contributed by atoms with Crippen molar-refractivity contribution in [2.45, 2.75) is 58.0 Å². The van der Waals surface area contributed by atoms with E-state index in [1.165, 1.54) is 31.2 Å². The largest absolute Gasteiger partial charge is 0.486 e. The first kappa shape index (κ1) is 13.2. The molecule has 1 aliphatic carbocycles. The molecule has 18 heavy (non-hydrogen) atoms. The zero-order chi connectivity index (χ0) is 12.8. The Labute approximate surface area is 111 Å². The van der Waals surface area contributed by atoms with Gasteiger partial charge in [-0.3, -0.25) is 0 Å². The number of hydrogen-bond donors (Lipinski definition) is 0. The minimum absolute atomic E-state index is 0.255. The first-order valence-corrected chi connectivity index (χ1v) is 7.19. The van der Waals surface area contributed by atoms with E-state index in [1.54, 1.807) is 0 Å². The van der Waals surface area contributed by atoms with Crippen LogP contribution in [0.25, 0.3) is 0 Å². The normalized spacial score (nSPS) is 22.3. The van der Waals surface area contributed by atoms with E-state index < -0.39 is 0 Å². The zero-order valence-corrected chi connectivity index (χ0v) is 11.6. The maximum absolute atomic E-state index is 6.20. The molecule has 98 valence electrons. The molecule has 1 atom stereocenters. The number of ether oxygens (including phenoxy) is 1. The van der Waals surface area contributed by atoms with Gasteiger partial charge in [-0.1, -0.05) is 44.5 Å². The number of hydrogen-bond acceptors (Lipinski definition) is 1. The van der Waals surface area contributed by atoms with Crippen LogP contribution in [0.4, 0.5) is 0 Å². The van der Waals surface area contributed by atoms with Crippen molar-refractivity contribution >= 4 is 0 Å². The van der Waals surface area contributed by atoms with Crippen LogP contribution in [0.3, 0.4) is 0 Å². The summed E-state index contributed by atoms with van der Waals surface area (Å²) in [5, 5.41) is 0. The summed E-state index contributed by atoms with van der Waals surface area (Å²) in [5.74, 6) is 1.57. The minimum Gasteiger partial charge on any atom is -0.486 e. The lowest BCUT2D eigenvalue weighted by atomic mass is 10.0. The Morgan fingerprint density at radius 2 is 1.94 bits per heavy atom. The fourth-order valence-corrected chi connectivity index (χ4v) is 2.45. The van der Waals surface area contributed by atoms with Gasteiger partial charge in [0.1, 0.15) is 11.9 Å². The summed E-state index contributed by atoms with van der Waals surface area (Å²) in [4.78, 5) is 0. The molecule has 0 bridgehead atoms. The second kappa shape index (κ2) is 6.63. The van der Waals surface area contributed by atoms with Crippen molar-refractivity contribution in [3.8, 4) is 5.75 Å². The van der Waals surface area contributed by atoms with Gasteiger partial charge in [0, 0.05) is 0 Å². The van der Waals surface area contributed by atoms with Gasteiger partial charge in [0.05, 0.1) is 0 Å². The van der Waals surface area contributed by atoms with E-state index in [0.29, 0.717) is 5.92 Å². The molecule has 1 heteroatoms.